The summed E-state index contributed by atoms with van der Waals surface area (Å²) >= 11 is 0. The molecule has 0 saturated heterocycles. The van der Waals surface area contributed by atoms with Crippen LogP contribution in [0, 0.1) is 0 Å². The fourth-order valence-corrected chi connectivity index (χ4v) is 1.46. The van der Waals surface area contributed by atoms with Crippen LogP contribution >= 0.6 is 24.0 Å². The lowest BCUT2D eigenvalue weighted by atomic mass is 10.1. The summed E-state index contributed by atoms with van der Waals surface area (Å²) in [6.45, 7) is 7.61. The van der Waals surface area contributed by atoms with Gasteiger partial charge in [0.25, 0.3) is 5.91 Å². The first-order valence-electron chi connectivity index (χ1n) is 6.84. The number of ether oxygens (including phenoxy) is 1. The number of aliphatic imine (C=N–C) groups is 1. The molecular weight excluding hydrogens is 399 g/mol. The standard InChI is InChI=1S/C14H24N4O3.HI/c1-5-16-13(18-9-14(2,3)20-4)17-8-10-6-7-11(21-10)12(15)19;/h6-7H,5,8-9H2,1-4H3,(H2,15,19)(H2,16,17,18);1H. The lowest BCUT2D eigenvalue weighted by Gasteiger charge is -2.24. The van der Waals surface area contributed by atoms with Crippen molar-refractivity contribution in [3.05, 3.63) is 23.7 Å². The highest BCUT2D eigenvalue weighted by Crippen LogP contribution is 2.08. The van der Waals surface area contributed by atoms with E-state index in [1.165, 1.54) is 0 Å². The average molecular weight is 424 g/mol. The molecule has 0 unspecified atom stereocenters. The van der Waals surface area contributed by atoms with E-state index in [2.05, 4.69) is 15.6 Å². The minimum atomic E-state index is -0.586. The molecule has 7 nitrogen and oxygen atoms in total. The van der Waals surface area contributed by atoms with E-state index in [0.717, 1.165) is 6.54 Å². The third-order valence-electron chi connectivity index (χ3n) is 2.88. The number of nitrogens with zero attached hydrogens (tertiary/aromatic N) is 1. The van der Waals surface area contributed by atoms with Crippen molar-refractivity contribution in [1.29, 1.82) is 0 Å². The first kappa shape index (κ1) is 20.7. The maximum atomic E-state index is 11.0. The van der Waals surface area contributed by atoms with Crippen molar-refractivity contribution in [1.82, 2.24) is 10.6 Å². The number of carbonyl (C=O) groups excluding carboxylic acids is 1. The van der Waals surface area contributed by atoms with Gasteiger partial charge in [-0.15, -0.1) is 24.0 Å². The molecule has 1 aromatic heterocycles. The van der Waals surface area contributed by atoms with E-state index in [4.69, 9.17) is 14.9 Å². The molecule has 1 heterocycles. The molecular formula is C14H25IN4O3. The molecule has 22 heavy (non-hydrogen) atoms. The van der Waals surface area contributed by atoms with Crippen LogP contribution in [0.5, 0.6) is 0 Å². The first-order valence-corrected chi connectivity index (χ1v) is 6.84. The van der Waals surface area contributed by atoms with Gasteiger partial charge in [0.1, 0.15) is 12.3 Å². The number of hydrogen-bond donors (Lipinski definition) is 3. The molecule has 1 aromatic rings. The summed E-state index contributed by atoms with van der Waals surface area (Å²) in [5, 5.41) is 6.32. The number of guanidine groups is 1. The van der Waals surface area contributed by atoms with Crippen LogP contribution in [-0.2, 0) is 11.3 Å². The number of rotatable bonds is 7. The van der Waals surface area contributed by atoms with Gasteiger partial charge in [0, 0.05) is 20.2 Å². The van der Waals surface area contributed by atoms with Crippen LogP contribution in [0.1, 0.15) is 37.1 Å². The van der Waals surface area contributed by atoms with Crippen LogP contribution in [0.4, 0.5) is 0 Å². The third-order valence-corrected chi connectivity index (χ3v) is 2.88. The van der Waals surface area contributed by atoms with Gasteiger partial charge in [0.2, 0.25) is 0 Å². The predicted octanol–water partition coefficient (Wildman–Crippen LogP) is 1.48. The van der Waals surface area contributed by atoms with Crippen molar-refractivity contribution in [2.45, 2.75) is 32.9 Å². The molecule has 0 bridgehead atoms. The molecule has 1 rings (SSSR count). The van der Waals surface area contributed by atoms with Crippen molar-refractivity contribution in [2.24, 2.45) is 10.7 Å². The number of nitrogens with two attached hydrogens (primary N) is 1. The molecule has 1 amide bonds. The van der Waals surface area contributed by atoms with Crippen LogP contribution < -0.4 is 16.4 Å². The maximum absolute atomic E-state index is 11.0. The van der Waals surface area contributed by atoms with Crippen molar-refractivity contribution >= 4 is 35.8 Å². The van der Waals surface area contributed by atoms with Crippen LogP contribution in [-0.4, -0.2) is 37.7 Å². The summed E-state index contributed by atoms with van der Waals surface area (Å²) in [5.74, 6) is 0.780. The molecule has 0 atom stereocenters. The molecule has 0 aliphatic carbocycles. The second-order valence-electron chi connectivity index (χ2n) is 5.14. The zero-order valence-electron chi connectivity index (χ0n) is 13.4. The topological polar surface area (TPSA) is 102 Å². The minimum Gasteiger partial charge on any atom is -0.454 e. The monoisotopic (exact) mass is 424 g/mol. The molecule has 0 saturated carbocycles. The largest absolute Gasteiger partial charge is 0.454 e. The van der Waals surface area contributed by atoms with Gasteiger partial charge < -0.3 is 25.5 Å². The van der Waals surface area contributed by atoms with E-state index < -0.39 is 5.91 Å². The van der Waals surface area contributed by atoms with Gasteiger partial charge in [0.15, 0.2) is 11.7 Å². The van der Waals surface area contributed by atoms with Gasteiger partial charge >= 0.3 is 0 Å². The number of methoxy groups -OCH3 is 1. The zero-order valence-corrected chi connectivity index (χ0v) is 15.8. The SMILES string of the molecule is CCNC(=NCc1ccc(C(N)=O)o1)NCC(C)(C)OC.I. The summed E-state index contributed by atoms with van der Waals surface area (Å²) in [6, 6.07) is 3.23. The highest BCUT2D eigenvalue weighted by Gasteiger charge is 2.16. The Bertz CT molecular complexity index is 500. The summed E-state index contributed by atoms with van der Waals surface area (Å²) in [4.78, 5) is 15.3. The highest BCUT2D eigenvalue weighted by atomic mass is 127. The first-order chi connectivity index (χ1) is 9.88. The Hall–Kier alpha value is -1.29. The summed E-state index contributed by atoms with van der Waals surface area (Å²) in [7, 11) is 1.67. The number of hydrogen-bond acceptors (Lipinski definition) is 4. The predicted molar refractivity (Wildman–Crippen MR) is 96.5 cm³/mol. The summed E-state index contributed by atoms with van der Waals surface area (Å²) < 4.78 is 10.6. The Labute approximate surface area is 148 Å². The maximum Gasteiger partial charge on any atom is 0.284 e. The molecule has 126 valence electrons. The number of nitrogens with one attached hydrogen (secondary N) is 2. The van der Waals surface area contributed by atoms with Gasteiger partial charge in [-0.3, -0.25) is 4.79 Å². The number of amides is 1. The molecule has 8 heteroatoms. The second-order valence-corrected chi connectivity index (χ2v) is 5.14. The molecule has 0 aromatic carbocycles. The fraction of sp³-hybridized carbons (Fsp3) is 0.571. The summed E-state index contributed by atoms with van der Waals surface area (Å²) in [5.41, 5.74) is 4.84. The van der Waals surface area contributed by atoms with E-state index >= 15 is 0 Å². The Morgan fingerprint density at radius 1 is 1.41 bits per heavy atom. The van der Waals surface area contributed by atoms with E-state index in [9.17, 15) is 4.79 Å². The van der Waals surface area contributed by atoms with E-state index in [1.54, 1.807) is 19.2 Å². The van der Waals surface area contributed by atoms with E-state index in [0.29, 0.717) is 24.8 Å². The number of halogens is 1. The number of furan rings is 1. The Kier molecular flexibility index (Phi) is 9.10. The van der Waals surface area contributed by atoms with E-state index in [1.807, 2.05) is 20.8 Å². The molecule has 0 fully saturated rings. The van der Waals surface area contributed by atoms with Crippen molar-refractivity contribution in [3.8, 4) is 0 Å². The van der Waals surface area contributed by atoms with Gasteiger partial charge in [-0.25, -0.2) is 4.99 Å². The number of carbonyl (C=O) groups is 1. The normalized spacial score (nSPS) is 11.7. The van der Waals surface area contributed by atoms with Crippen LogP contribution in [0.15, 0.2) is 21.5 Å². The fourth-order valence-electron chi connectivity index (χ4n) is 1.46. The number of primary amides is 1. The van der Waals surface area contributed by atoms with Crippen LogP contribution in [0.3, 0.4) is 0 Å². The van der Waals surface area contributed by atoms with Gasteiger partial charge in [-0.2, -0.15) is 0 Å². The van der Waals surface area contributed by atoms with Crippen molar-refractivity contribution < 1.29 is 13.9 Å². The van der Waals surface area contributed by atoms with Crippen molar-refractivity contribution in [2.75, 3.05) is 20.2 Å². The van der Waals surface area contributed by atoms with Gasteiger partial charge in [0.05, 0.1) is 5.60 Å². The van der Waals surface area contributed by atoms with Gasteiger partial charge in [-0.05, 0) is 32.9 Å². The Balaban J connectivity index is 0.00000441. The van der Waals surface area contributed by atoms with Crippen LogP contribution in [0.2, 0.25) is 0 Å². The smallest absolute Gasteiger partial charge is 0.284 e. The van der Waals surface area contributed by atoms with Gasteiger partial charge in [-0.1, -0.05) is 0 Å². The minimum absolute atomic E-state index is 0. The van der Waals surface area contributed by atoms with Crippen LogP contribution in [0.25, 0.3) is 0 Å². The summed E-state index contributed by atoms with van der Waals surface area (Å²) in [6.07, 6.45) is 0. The highest BCUT2D eigenvalue weighted by molar-refractivity contribution is 14.0. The third kappa shape index (κ3) is 7.12. The molecule has 0 aliphatic rings. The Morgan fingerprint density at radius 3 is 2.59 bits per heavy atom. The van der Waals surface area contributed by atoms with E-state index in [-0.39, 0.29) is 35.3 Å². The lowest BCUT2D eigenvalue weighted by molar-refractivity contribution is 0.0268. The molecule has 0 aliphatic heterocycles. The molecule has 4 N–H and O–H groups in total. The quantitative estimate of drug-likeness (QED) is 0.350. The molecule has 0 radical (unpaired) electrons. The average Bonchev–Trinajstić information content (AvgIpc) is 2.91. The molecule has 0 spiro atoms. The Morgan fingerprint density at radius 2 is 2.09 bits per heavy atom. The zero-order chi connectivity index (χ0) is 15.9. The van der Waals surface area contributed by atoms with Crippen molar-refractivity contribution in [3.63, 3.8) is 0 Å². The second kappa shape index (κ2) is 9.67. The lowest BCUT2D eigenvalue weighted by Crippen LogP contribution is -2.45.